The molecule has 0 spiro atoms. The SMILES string of the molecule is Cn1nc(-c2ccc(C(N)=O)cc2)nc1[C@@H](c1cccnc1)N1CCCC1. The van der Waals surface area contributed by atoms with Crippen molar-refractivity contribution in [3.8, 4) is 11.4 Å². The molecule has 1 aliphatic rings. The van der Waals surface area contributed by atoms with Crippen LogP contribution in [0.2, 0.25) is 0 Å². The first-order chi connectivity index (χ1) is 13.1. The summed E-state index contributed by atoms with van der Waals surface area (Å²) in [4.78, 5) is 22.8. The number of hydrogen-bond donors (Lipinski definition) is 1. The van der Waals surface area contributed by atoms with Crippen molar-refractivity contribution in [1.82, 2.24) is 24.6 Å². The third-order valence-corrected chi connectivity index (χ3v) is 4.97. The first-order valence-electron chi connectivity index (χ1n) is 9.08. The zero-order chi connectivity index (χ0) is 18.8. The number of primary amides is 1. The van der Waals surface area contributed by atoms with E-state index in [9.17, 15) is 4.79 Å². The van der Waals surface area contributed by atoms with E-state index in [1.165, 1.54) is 12.8 Å². The molecule has 1 fully saturated rings. The molecular formula is C20H22N6O. The second kappa shape index (κ2) is 7.28. The lowest BCUT2D eigenvalue weighted by atomic mass is 10.1. The van der Waals surface area contributed by atoms with Crippen LogP contribution in [0.25, 0.3) is 11.4 Å². The van der Waals surface area contributed by atoms with Crippen LogP contribution in [-0.2, 0) is 7.05 Å². The molecule has 0 aliphatic carbocycles. The van der Waals surface area contributed by atoms with Gasteiger partial charge in [-0.3, -0.25) is 19.4 Å². The van der Waals surface area contributed by atoms with Crippen LogP contribution in [0.3, 0.4) is 0 Å². The Labute approximate surface area is 157 Å². The quantitative estimate of drug-likeness (QED) is 0.751. The van der Waals surface area contributed by atoms with Gasteiger partial charge in [0.05, 0.1) is 6.04 Å². The van der Waals surface area contributed by atoms with E-state index in [0.29, 0.717) is 11.4 Å². The maximum atomic E-state index is 11.3. The number of rotatable bonds is 5. The summed E-state index contributed by atoms with van der Waals surface area (Å²) in [7, 11) is 1.92. The van der Waals surface area contributed by atoms with Crippen molar-refractivity contribution in [1.29, 1.82) is 0 Å². The molecule has 2 aromatic heterocycles. The Morgan fingerprint density at radius 2 is 1.89 bits per heavy atom. The molecule has 4 rings (SSSR count). The maximum Gasteiger partial charge on any atom is 0.248 e. The summed E-state index contributed by atoms with van der Waals surface area (Å²) in [6.07, 6.45) is 6.07. The summed E-state index contributed by atoms with van der Waals surface area (Å²) in [6.45, 7) is 2.07. The van der Waals surface area contributed by atoms with E-state index in [0.717, 1.165) is 30.0 Å². The molecule has 0 saturated carbocycles. The van der Waals surface area contributed by atoms with Gasteiger partial charge in [0.15, 0.2) is 5.82 Å². The number of benzene rings is 1. The number of nitrogens with zero attached hydrogens (tertiary/aromatic N) is 5. The Morgan fingerprint density at radius 1 is 1.15 bits per heavy atom. The molecule has 0 unspecified atom stereocenters. The minimum atomic E-state index is -0.443. The predicted octanol–water partition coefficient (Wildman–Crippen LogP) is 2.16. The summed E-state index contributed by atoms with van der Waals surface area (Å²) in [5, 5.41) is 4.62. The summed E-state index contributed by atoms with van der Waals surface area (Å²) >= 11 is 0. The van der Waals surface area contributed by atoms with Gasteiger partial charge >= 0.3 is 0 Å². The second-order valence-corrected chi connectivity index (χ2v) is 6.79. The van der Waals surface area contributed by atoms with Crippen molar-refractivity contribution in [2.24, 2.45) is 12.8 Å². The monoisotopic (exact) mass is 362 g/mol. The van der Waals surface area contributed by atoms with Crippen molar-refractivity contribution < 1.29 is 4.79 Å². The van der Waals surface area contributed by atoms with Gasteiger partial charge in [-0.15, -0.1) is 0 Å². The van der Waals surface area contributed by atoms with E-state index in [1.54, 1.807) is 18.3 Å². The van der Waals surface area contributed by atoms with Gasteiger partial charge in [-0.05, 0) is 49.7 Å². The molecule has 3 heterocycles. The average molecular weight is 362 g/mol. The molecule has 2 N–H and O–H groups in total. The summed E-state index contributed by atoms with van der Waals surface area (Å²) in [5.74, 6) is 1.08. The second-order valence-electron chi connectivity index (χ2n) is 6.79. The van der Waals surface area contributed by atoms with Crippen LogP contribution in [-0.4, -0.2) is 43.6 Å². The van der Waals surface area contributed by atoms with E-state index in [4.69, 9.17) is 10.7 Å². The highest BCUT2D eigenvalue weighted by Gasteiger charge is 2.29. The number of nitrogens with two attached hydrogens (primary N) is 1. The number of amides is 1. The van der Waals surface area contributed by atoms with Crippen molar-refractivity contribution in [3.63, 3.8) is 0 Å². The predicted molar refractivity (Wildman–Crippen MR) is 102 cm³/mol. The van der Waals surface area contributed by atoms with Crippen LogP contribution in [0.1, 0.15) is 40.6 Å². The molecule has 3 aromatic rings. The fourth-order valence-corrected chi connectivity index (χ4v) is 3.60. The van der Waals surface area contributed by atoms with Crippen LogP contribution in [0.4, 0.5) is 0 Å². The molecule has 1 aliphatic heterocycles. The van der Waals surface area contributed by atoms with Crippen LogP contribution < -0.4 is 5.73 Å². The zero-order valence-electron chi connectivity index (χ0n) is 15.2. The van der Waals surface area contributed by atoms with Gasteiger partial charge in [0, 0.05) is 30.6 Å². The highest BCUT2D eigenvalue weighted by Crippen LogP contribution is 2.31. The van der Waals surface area contributed by atoms with Crippen molar-refractivity contribution in [2.45, 2.75) is 18.9 Å². The van der Waals surface area contributed by atoms with Gasteiger partial charge in [0.2, 0.25) is 5.91 Å². The van der Waals surface area contributed by atoms with Crippen LogP contribution in [0.15, 0.2) is 48.8 Å². The van der Waals surface area contributed by atoms with E-state index in [1.807, 2.05) is 36.1 Å². The van der Waals surface area contributed by atoms with Crippen molar-refractivity contribution in [2.75, 3.05) is 13.1 Å². The molecule has 1 aromatic carbocycles. The number of likely N-dealkylation sites (tertiary alicyclic amines) is 1. The topological polar surface area (TPSA) is 89.9 Å². The number of pyridine rings is 1. The third-order valence-electron chi connectivity index (χ3n) is 4.97. The van der Waals surface area contributed by atoms with Crippen molar-refractivity contribution in [3.05, 3.63) is 65.7 Å². The van der Waals surface area contributed by atoms with Gasteiger partial charge < -0.3 is 5.73 Å². The largest absolute Gasteiger partial charge is 0.366 e. The maximum absolute atomic E-state index is 11.3. The molecule has 1 saturated heterocycles. The molecule has 27 heavy (non-hydrogen) atoms. The van der Waals surface area contributed by atoms with Crippen LogP contribution >= 0.6 is 0 Å². The molecule has 7 heteroatoms. The van der Waals surface area contributed by atoms with Gasteiger partial charge in [-0.1, -0.05) is 18.2 Å². The van der Waals surface area contributed by atoms with E-state index < -0.39 is 5.91 Å². The van der Waals surface area contributed by atoms with Gasteiger partial charge in [0.25, 0.3) is 0 Å². The lowest BCUT2D eigenvalue weighted by Crippen LogP contribution is -2.29. The third kappa shape index (κ3) is 3.46. The molecular weight excluding hydrogens is 340 g/mol. The first kappa shape index (κ1) is 17.4. The fraction of sp³-hybridized carbons (Fsp3) is 0.300. The van der Waals surface area contributed by atoms with E-state index in [-0.39, 0.29) is 6.04 Å². The Kier molecular flexibility index (Phi) is 4.68. The molecule has 0 bridgehead atoms. The minimum absolute atomic E-state index is 0.0253. The summed E-state index contributed by atoms with van der Waals surface area (Å²) < 4.78 is 1.84. The first-order valence-corrected chi connectivity index (χ1v) is 9.08. The number of carbonyl (C=O) groups excluding carboxylic acids is 1. The van der Waals surface area contributed by atoms with Gasteiger partial charge in [-0.2, -0.15) is 5.10 Å². The van der Waals surface area contributed by atoms with Crippen LogP contribution in [0, 0.1) is 0 Å². The summed E-state index contributed by atoms with van der Waals surface area (Å²) in [5.41, 5.74) is 7.76. The summed E-state index contributed by atoms with van der Waals surface area (Å²) in [6, 6.07) is 11.1. The van der Waals surface area contributed by atoms with Gasteiger partial charge in [-0.25, -0.2) is 4.98 Å². The highest BCUT2D eigenvalue weighted by atomic mass is 16.1. The Morgan fingerprint density at radius 3 is 2.52 bits per heavy atom. The number of carbonyl (C=O) groups is 1. The average Bonchev–Trinajstić information content (AvgIpc) is 3.34. The minimum Gasteiger partial charge on any atom is -0.366 e. The number of hydrogen-bond acceptors (Lipinski definition) is 5. The molecule has 1 amide bonds. The molecule has 7 nitrogen and oxygen atoms in total. The number of aryl methyl sites for hydroxylation is 1. The molecule has 138 valence electrons. The van der Waals surface area contributed by atoms with E-state index >= 15 is 0 Å². The van der Waals surface area contributed by atoms with Crippen molar-refractivity contribution >= 4 is 5.91 Å². The Balaban J connectivity index is 1.72. The molecule has 0 radical (unpaired) electrons. The zero-order valence-corrected chi connectivity index (χ0v) is 15.2. The Bertz CT molecular complexity index is 929. The fourth-order valence-electron chi connectivity index (χ4n) is 3.60. The Hall–Kier alpha value is -3.06. The normalized spacial score (nSPS) is 15.7. The number of aromatic nitrogens is 4. The smallest absolute Gasteiger partial charge is 0.248 e. The lowest BCUT2D eigenvalue weighted by Gasteiger charge is -2.26. The lowest BCUT2D eigenvalue weighted by molar-refractivity contribution is 0.100. The molecule has 1 atom stereocenters. The van der Waals surface area contributed by atoms with Gasteiger partial charge in [0.1, 0.15) is 5.82 Å². The standard InChI is InChI=1S/C20H22N6O/c1-25-20(17(26-11-2-3-12-26)16-5-4-10-22-13-16)23-19(24-25)15-8-6-14(7-9-15)18(21)27/h4-10,13,17H,2-3,11-12H2,1H3,(H2,21,27)/t17-/m1/s1. The van der Waals surface area contributed by atoms with Crippen LogP contribution in [0.5, 0.6) is 0 Å². The highest BCUT2D eigenvalue weighted by molar-refractivity contribution is 5.93. The van der Waals surface area contributed by atoms with E-state index in [2.05, 4.69) is 21.0 Å².